The predicted octanol–water partition coefficient (Wildman–Crippen LogP) is 4.65. The Morgan fingerprint density at radius 1 is 1.19 bits per heavy atom. The summed E-state index contributed by atoms with van der Waals surface area (Å²) in [5, 5.41) is 3.79. The van der Waals surface area contributed by atoms with Crippen molar-refractivity contribution in [2.24, 2.45) is 16.8 Å². The van der Waals surface area contributed by atoms with Crippen LogP contribution in [0.5, 0.6) is 0 Å². The minimum absolute atomic E-state index is 0.520. The first-order chi connectivity index (χ1) is 10.1. The zero-order valence-electron chi connectivity index (χ0n) is 14.0. The van der Waals surface area contributed by atoms with Gasteiger partial charge in [0.1, 0.15) is 0 Å². The van der Waals surface area contributed by atoms with E-state index < -0.39 is 0 Å². The van der Waals surface area contributed by atoms with Gasteiger partial charge in [-0.05, 0) is 62.2 Å². The highest BCUT2D eigenvalue weighted by Gasteiger charge is 2.21. The van der Waals surface area contributed by atoms with Gasteiger partial charge >= 0.3 is 0 Å². The lowest BCUT2D eigenvalue weighted by Gasteiger charge is -2.23. The fourth-order valence-electron chi connectivity index (χ4n) is 3.34. The van der Waals surface area contributed by atoms with Gasteiger partial charge in [-0.15, -0.1) is 0 Å². The van der Waals surface area contributed by atoms with E-state index in [1.54, 1.807) is 0 Å². The number of allylic oxidation sites excluding steroid dienone is 4. The van der Waals surface area contributed by atoms with Crippen LogP contribution in [0.15, 0.2) is 40.1 Å². The van der Waals surface area contributed by atoms with Gasteiger partial charge in [0.25, 0.3) is 0 Å². The van der Waals surface area contributed by atoms with Gasteiger partial charge in [0, 0.05) is 24.5 Å². The predicted molar refractivity (Wildman–Crippen MR) is 92.7 cm³/mol. The summed E-state index contributed by atoms with van der Waals surface area (Å²) in [5.41, 5.74) is 4.10. The molecular weight excluding hydrogens is 256 g/mol. The summed E-state index contributed by atoms with van der Waals surface area (Å²) in [4.78, 5) is 4.49. The molecule has 2 aliphatic rings. The average molecular weight is 286 g/mol. The van der Waals surface area contributed by atoms with Crippen LogP contribution in [-0.4, -0.2) is 18.8 Å². The molecule has 1 fully saturated rings. The Balaban J connectivity index is 2.43. The van der Waals surface area contributed by atoms with Gasteiger partial charge in [-0.2, -0.15) is 0 Å². The van der Waals surface area contributed by atoms with Gasteiger partial charge in [-0.25, -0.2) is 0 Å². The standard InChI is InChI=1S/C19H30N2/c1-14-8-9-15(2)18-10-12-20-11-6-5-7-16(3)19(18)21-17(4)13-14/h5,7,10,12,14-15,17,21H,6,8-9,11,13H2,1-4H3/b7-5-,18-10-,19-16-,20-12+. The first-order valence-electron chi connectivity index (χ1n) is 8.42. The third-order valence-electron chi connectivity index (χ3n) is 4.61. The number of fused-ring (bicyclic) bond motifs is 1. The molecule has 21 heavy (non-hydrogen) atoms. The summed E-state index contributed by atoms with van der Waals surface area (Å²) < 4.78 is 0. The number of aliphatic imine (C=N–C) groups is 1. The highest BCUT2D eigenvalue weighted by atomic mass is 14.9. The van der Waals surface area contributed by atoms with Gasteiger partial charge in [-0.1, -0.05) is 32.4 Å². The van der Waals surface area contributed by atoms with Crippen molar-refractivity contribution in [3.8, 4) is 0 Å². The van der Waals surface area contributed by atoms with Crippen molar-refractivity contribution in [1.82, 2.24) is 5.32 Å². The molecule has 0 aromatic rings. The number of nitrogens with zero attached hydrogens (tertiary/aromatic N) is 1. The van der Waals surface area contributed by atoms with Crippen molar-refractivity contribution >= 4 is 6.21 Å². The molecule has 2 heteroatoms. The van der Waals surface area contributed by atoms with Gasteiger partial charge in [0.2, 0.25) is 0 Å². The van der Waals surface area contributed by atoms with Crippen molar-refractivity contribution in [1.29, 1.82) is 0 Å². The number of hydrogen-bond acceptors (Lipinski definition) is 2. The first-order valence-corrected chi connectivity index (χ1v) is 8.42. The third kappa shape index (κ3) is 4.59. The zero-order valence-corrected chi connectivity index (χ0v) is 14.0. The van der Waals surface area contributed by atoms with E-state index in [0.717, 1.165) is 18.9 Å². The largest absolute Gasteiger partial charge is 0.382 e. The maximum absolute atomic E-state index is 4.49. The Kier molecular flexibility index (Phi) is 5.84. The van der Waals surface area contributed by atoms with E-state index in [4.69, 9.17) is 0 Å². The van der Waals surface area contributed by atoms with Crippen molar-refractivity contribution in [2.45, 2.75) is 59.4 Å². The molecule has 2 heterocycles. The molecule has 1 N–H and O–H groups in total. The number of rotatable bonds is 0. The summed E-state index contributed by atoms with van der Waals surface area (Å²) in [6.07, 6.45) is 13.6. The van der Waals surface area contributed by atoms with E-state index in [2.05, 4.69) is 56.2 Å². The molecule has 2 rings (SSSR count). The second-order valence-electron chi connectivity index (χ2n) is 6.79. The Morgan fingerprint density at radius 2 is 2.00 bits per heavy atom. The molecule has 0 bridgehead atoms. The molecule has 0 saturated carbocycles. The molecule has 0 aromatic carbocycles. The molecule has 0 aliphatic carbocycles. The molecule has 0 amide bonds. The molecule has 116 valence electrons. The SMILES string of the molecule is CC1=C2/NC(C)CC(C)CCC(C)/C2=C/C=N/CC/C=C\1. The highest BCUT2D eigenvalue weighted by Crippen LogP contribution is 2.30. The monoisotopic (exact) mass is 286 g/mol. The van der Waals surface area contributed by atoms with Crippen LogP contribution in [0.2, 0.25) is 0 Å². The smallest absolute Gasteiger partial charge is 0.0423 e. The summed E-state index contributed by atoms with van der Waals surface area (Å²) in [6, 6.07) is 0.520. The van der Waals surface area contributed by atoms with Crippen molar-refractivity contribution in [3.05, 3.63) is 35.1 Å². The van der Waals surface area contributed by atoms with Crippen LogP contribution in [-0.2, 0) is 0 Å². The second-order valence-corrected chi connectivity index (χ2v) is 6.79. The summed E-state index contributed by atoms with van der Waals surface area (Å²) in [6.45, 7) is 10.2. The van der Waals surface area contributed by atoms with Crippen LogP contribution in [0, 0.1) is 11.8 Å². The highest BCUT2D eigenvalue weighted by molar-refractivity contribution is 5.74. The summed E-state index contributed by atoms with van der Waals surface area (Å²) >= 11 is 0. The second kappa shape index (κ2) is 7.63. The average Bonchev–Trinajstić information content (AvgIpc) is 2.49. The molecule has 0 spiro atoms. The Bertz CT molecular complexity index is 468. The Hall–Kier alpha value is -1.31. The minimum Gasteiger partial charge on any atom is -0.382 e. The first kappa shape index (κ1) is 16.1. The Morgan fingerprint density at radius 3 is 2.81 bits per heavy atom. The molecule has 0 radical (unpaired) electrons. The molecule has 1 saturated heterocycles. The molecule has 3 unspecified atom stereocenters. The van der Waals surface area contributed by atoms with Gasteiger partial charge < -0.3 is 5.32 Å². The van der Waals surface area contributed by atoms with Gasteiger partial charge in [0.15, 0.2) is 0 Å². The van der Waals surface area contributed by atoms with E-state index in [9.17, 15) is 0 Å². The molecular formula is C19H30N2. The minimum atomic E-state index is 0.520. The maximum atomic E-state index is 4.49. The van der Waals surface area contributed by atoms with Crippen LogP contribution in [0.3, 0.4) is 0 Å². The van der Waals surface area contributed by atoms with E-state index in [1.807, 2.05) is 6.21 Å². The lowest BCUT2D eigenvalue weighted by Crippen LogP contribution is -2.29. The lowest BCUT2D eigenvalue weighted by atomic mass is 9.89. The van der Waals surface area contributed by atoms with Crippen LogP contribution in [0.4, 0.5) is 0 Å². The van der Waals surface area contributed by atoms with Crippen LogP contribution >= 0.6 is 0 Å². The van der Waals surface area contributed by atoms with Crippen LogP contribution < -0.4 is 5.32 Å². The molecule has 2 aliphatic heterocycles. The van der Waals surface area contributed by atoms with Crippen LogP contribution in [0.1, 0.15) is 53.4 Å². The van der Waals surface area contributed by atoms with Gasteiger partial charge in [-0.3, -0.25) is 4.99 Å². The third-order valence-corrected chi connectivity index (χ3v) is 4.61. The maximum Gasteiger partial charge on any atom is 0.0423 e. The lowest BCUT2D eigenvalue weighted by molar-refractivity contribution is 0.409. The fraction of sp³-hybridized carbons (Fsp3) is 0.632. The normalized spacial score (nSPS) is 40.4. The van der Waals surface area contributed by atoms with Gasteiger partial charge in [0.05, 0.1) is 0 Å². The van der Waals surface area contributed by atoms with Crippen molar-refractivity contribution < 1.29 is 0 Å². The zero-order chi connectivity index (χ0) is 15.2. The van der Waals surface area contributed by atoms with E-state index in [1.165, 1.54) is 36.1 Å². The summed E-state index contributed by atoms with van der Waals surface area (Å²) in [7, 11) is 0. The van der Waals surface area contributed by atoms with E-state index >= 15 is 0 Å². The van der Waals surface area contributed by atoms with E-state index in [-0.39, 0.29) is 0 Å². The topological polar surface area (TPSA) is 24.4 Å². The summed E-state index contributed by atoms with van der Waals surface area (Å²) in [5.74, 6) is 1.37. The number of nitrogens with one attached hydrogen (secondary N) is 1. The van der Waals surface area contributed by atoms with E-state index in [0.29, 0.717) is 12.0 Å². The van der Waals surface area contributed by atoms with Crippen molar-refractivity contribution in [2.75, 3.05) is 6.54 Å². The molecule has 3 atom stereocenters. The molecule has 2 nitrogen and oxygen atoms in total. The molecule has 0 aromatic heterocycles. The Labute approximate surface area is 130 Å². The van der Waals surface area contributed by atoms with Crippen molar-refractivity contribution in [3.63, 3.8) is 0 Å². The van der Waals surface area contributed by atoms with Crippen LogP contribution in [0.25, 0.3) is 0 Å². The quantitative estimate of drug-likeness (QED) is 0.688. The fourth-order valence-corrected chi connectivity index (χ4v) is 3.34. The number of hydrogen-bond donors (Lipinski definition) is 1.